The Morgan fingerprint density at radius 3 is 2.69 bits per heavy atom. The summed E-state index contributed by atoms with van der Waals surface area (Å²) in [6.45, 7) is 0.877. The highest BCUT2D eigenvalue weighted by Gasteiger charge is 2.27. The van der Waals surface area contributed by atoms with E-state index in [1.165, 1.54) is 0 Å². The third-order valence-corrected chi connectivity index (χ3v) is 2.95. The Morgan fingerprint density at radius 1 is 1.31 bits per heavy atom. The van der Waals surface area contributed by atoms with Gasteiger partial charge in [-0.25, -0.2) is 0 Å². The number of hydrogen-bond acceptors (Lipinski definition) is 3. The molecule has 0 saturated carbocycles. The summed E-state index contributed by atoms with van der Waals surface area (Å²) < 4.78 is 0. The van der Waals surface area contributed by atoms with Crippen molar-refractivity contribution in [3.05, 3.63) is 0 Å². The van der Waals surface area contributed by atoms with Gasteiger partial charge in [0.05, 0.1) is 6.42 Å². The van der Waals surface area contributed by atoms with Gasteiger partial charge in [0.25, 0.3) is 0 Å². The van der Waals surface area contributed by atoms with Crippen molar-refractivity contribution >= 4 is 11.9 Å². The molecule has 16 heavy (non-hydrogen) atoms. The van der Waals surface area contributed by atoms with Gasteiger partial charge in [0, 0.05) is 25.6 Å². The summed E-state index contributed by atoms with van der Waals surface area (Å²) in [4.78, 5) is 23.9. The minimum atomic E-state index is -0.931. The second-order valence-electron chi connectivity index (χ2n) is 4.14. The molecule has 1 fully saturated rings. The highest BCUT2D eigenvalue weighted by atomic mass is 16.4. The molecular weight excluding hydrogens is 210 g/mol. The number of amides is 1. The zero-order valence-corrected chi connectivity index (χ0v) is 9.39. The molecule has 0 radical (unpaired) electrons. The number of carboxylic acids is 1. The van der Waals surface area contributed by atoms with Gasteiger partial charge in [0.15, 0.2) is 0 Å². The number of carbonyl (C=O) groups excluding carboxylic acids is 1. The van der Waals surface area contributed by atoms with Gasteiger partial charge in [0.1, 0.15) is 0 Å². The maximum absolute atomic E-state index is 11.7. The lowest BCUT2D eigenvalue weighted by Gasteiger charge is -2.24. The molecule has 2 N–H and O–H groups in total. The van der Waals surface area contributed by atoms with Crippen molar-refractivity contribution < 1.29 is 19.8 Å². The van der Waals surface area contributed by atoms with Gasteiger partial charge in [-0.2, -0.15) is 0 Å². The number of aliphatic carboxylic acids is 1. The van der Waals surface area contributed by atoms with Crippen LogP contribution in [0.4, 0.5) is 0 Å². The summed E-state index contributed by atoms with van der Waals surface area (Å²) in [5.41, 5.74) is 0. The first-order valence-electron chi connectivity index (χ1n) is 5.77. The minimum absolute atomic E-state index is 0.0668. The monoisotopic (exact) mass is 229 g/mol. The first kappa shape index (κ1) is 13.0. The number of rotatable bonds is 6. The molecule has 0 aromatic heterocycles. The van der Waals surface area contributed by atoms with Crippen molar-refractivity contribution in [2.45, 2.75) is 44.6 Å². The molecule has 1 amide bonds. The standard InChI is InChI=1S/C11H19NO4/c13-8-2-4-9-3-1-7-12(9)10(14)5-6-11(15)16/h9,13H,1-8H2,(H,15,16). The van der Waals surface area contributed by atoms with Crippen LogP contribution in [0.15, 0.2) is 0 Å². The summed E-state index contributed by atoms with van der Waals surface area (Å²) in [6.07, 6.45) is 3.46. The van der Waals surface area contributed by atoms with Crippen LogP contribution in [0.3, 0.4) is 0 Å². The van der Waals surface area contributed by atoms with Crippen molar-refractivity contribution in [3.63, 3.8) is 0 Å². The number of nitrogens with zero attached hydrogens (tertiary/aromatic N) is 1. The smallest absolute Gasteiger partial charge is 0.303 e. The number of carboxylic acid groups (broad SMARTS) is 1. The van der Waals surface area contributed by atoms with E-state index >= 15 is 0 Å². The minimum Gasteiger partial charge on any atom is -0.481 e. The normalized spacial score (nSPS) is 20.1. The van der Waals surface area contributed by atoms with Crippen LogP contribution in [0.25, 0.3) is 0 Å². The van der Waals surface area contributed by atoms with Crippen molar-refractivity contribution in [1.29, 1.82) is 0 Å². The Kier molecular flexibility index (Phi) is 5.25. The Labute approximate surface area is 95.1 Å². The molecule has 92 valence electrons. The van der Waals surface area contributed by atoms with Crippen LogP contribution in [-0.2, 0) is 9.59 Å². The van der Waals surface area contributed by atoms with E-state index in [9.17, 15) is 9.59 Å². The van der Waals surface area contributed by atoms with E-state index in [-0.39, 0.29) is 31.4 Å². The fourth-order valence-corrected chi connectivity index (χ4v) is 2.15. The van der Waals surface area contributed by atoms with Gasteiger partial charge < -0.3 is 15.1 Å². The molecule has 1 aliphatic rings. The molecule has 1 rings (SSSR count). The molecule has 0 aromatic rings. The molecule has 0 aromatic carbocycles. The van der Waals surface area contributed by atoms with Gasteiger partial charge in [-0.05, 0) is 25.7 Å². The largest absolute Gasteiger partial charge is 0.481 e. The van der Waals surface area contributed by atoms with Gasteiger partial charge >= 0.3 is 5.97 Å². The molecule has 1 atom stereocenters. The van der Waals surface area contributed by atoms with Crippen LogP contribution in [-0.4, -0.2) is 46.2 Å². The highest BCUT2D eigenvalue weighted by Crippen LogP contribution is 2.22. The molecular formula is C11H19NO4. The molecule has 1 heterocycles. The number of aliphatic hydroxyl groups excluding tert-OH is 1. The molecule has 1 saturated heterocycles. The quantitative estimate of drug-likeness (QED) is 0.699. The molecule has 1 unspecified atom stereocenters. The van der Waals surface area contributed by atoms with Gasteiger partial charge in [-0.3, -0.25) is 9.59 Å². The first-order chi connectivity index (χ1) is 7.65. The molecule has 1 aliphatic heterocycles. The Bertz CT molecular complexity index is 254. The summed E-state index contributed by atoms with van der Waals surface area (Å²) in [6, 6.07) is 0.202. The average molecular weight is 229 g/mol. The zero-order chi connectivity index (χ0) is 12.0. The molecule has 0 spiro atoms. The van der Waals surface area contributed by atoms with Crippen LogP contribution in [0.1, 0.15) is 38.5 Å². The SMILES string of the molecule is O=C(O)CCC(=O)N1CCCC1CCCO. The second-order valence-corrected chi connectivity index (χ2v) is 4.14. The van der Waals surface area contributed by atoms with Crippen molar-refractivity contribution in [2.24, 2.45) is 0 Å². The molecule has 5 nitrogen and oxygen atoms in total. The number of likely N-dealkylation sites (tertiary alicyclic amines) is 1. The predicted octanol–water partition coefficient (Wildman–Crippen LogP) is 0.615. The van der Waals surface area contributed by atoms with E-state index in [4.69, 9.17) is 10.2 Å². The Balaban J connectivity index is 2.37. The third-order valence-electron chi connectivity index (χ3n) is 2.95. The molecule has 5 heteroatoms. The fraction of sp³-hybridized carbons (Fsp3) is 0.818. The third kappa shape index (κ3) is 3.81. The van der Waals surface area contributed by atoms with Gasteiger partial charge in [-0.15, -0.1) is 0 Å². The second kappa shape index (κ2) is 6.48. The summed E-state index contributed by atoms with van der Waals surface area (Å²) in [7, 11) is 0. The lowest BCUT2D eigenvalue weighted by atomic mass is 10.1. The average Bonchev–Trinajstić information content (AvgIpc) is 2.71. The number of carbonyl (C=O) groups is 2. The van der Waals surface area contributed by atoms with Gasteiger partial charge in [0.2, 0.25) is 5.91 Å². The Morgan fingerprint density at radius 2 is 2.06 bits per heavy atom. The van der Waals surface area contributed by atoms with E-state index in [1.807, 2.05) is 0 Å². The highest BCUT2D eigenvalue weighted by molar-refractivity contribution is 5.81. The van der Waals surface area contributed by atoms with Crippen LogP contribution >= 0.6 is 0 Å². The van der Waals surface area contributed by atoms with Crippen LogP contribution < -0.4 is 0 Å². The van der Waals surface area contributed by atoms with Crippen LogP contribution in [0, 0.1) is 0 Å². The van der Waals surface area contributed by atoms with E-state index in [0.29, 0.717) is 6.42 Å². The van der Waals surface area contributed by atoms with E-state index in [1.54, 1.807) is 4.90 Å². The number of aliphatic hydroxyl groups is 1. The van der Waals surface area contributed by atoms with Crippen LogP contribution in [0.2, 0.25) is 0 Å². The fourth-order valence-electron chi connectivity index (χ4n) is 2.15. The lowest BCUT2D eigenvalue weighted by molar-refractivity contribution is -0.141. The topological polar surface area (TPSA) is 77.8 Å². The zero-order valence-electron chi connectivity index (χ0n) is 9.39. The van der Waals surface area contributed by atoms with Gasteiger partial charge in [-0.1, -0.05) is 0 Å². The van der Waals surface area contributed by atoms with E-state index in [0.717, 1.165) is 25.8 Å². The summed E-state index contributed by atoms with van der Waals surface area (Å²) in [5, 5.41) is 17.3. The first-order valence-corrected chi connectivity index (χ1v) is 5.77. The van der Waals surface area contributed by atoms with E-state index in [2.05, 4.69) is 0 Å². The summed E-state index contributed by atoms with van der Waals surface area (Å²) >= 11 is 0. The van der Waals surface area contributed by atoms with Crippen molar-refractivity contribution in [1.82, 2.24) is 4.90 Å². The van der Waals surface area contributed by atoms with Crippen molar-refractivity contribution in [2.75, 3.05) is 13.2 Å². The maximum Gasteiger partial charge on any atom is 0.303 e. The summed E-state index contributed by atoms with van der Waals surface area (Å²) in [5.74, 6) is -0.998. The maximum atomic E-state index is 11.7. The van der Waals surface area contributed by atoms with Crippen molar-refractivity contribution in [3.8, 4) is 0 Å². The molecule has 0 bridgehead atoms. The number of hydrogen-bond donors (Lipinski definition) is 2. The van der Waals surface area contributed by atoms with E-state index < -0.39 is 5.97 Å². The Hall–Kier alpha value is -1.10. The lowest BCUT2D eigenvalue weighted by Crippen LogP contribution is -2.35. The molecule has 0 aliphatic carbocycles. The van der Waals surface area contributed by atoms with Crippen LogP contribution in [0.5, 0.6) is 0 Å². The predicted molar refractivity (Wildman–Crippen MR) is 57.9 cm³/mol.